The zero-order chi connectivity index (χ0) is 15.4. The third-order valence-corrected chi connectivity index (χ3v) is 3.45. The Labute approximate surface area is 121 Å². The van der Waals surface area contributed by atoms with Crippen LogP contribution >= 0.6 is 0 Å². The molecule has 1 aliphatic carbocycles. The quantitative estimate of drug-likeness (QED) is 0.640. The average molecular weight is 289 g/mol. The largest absolute Gasteiger partial charge is 0.511 e. The first-order chi connectivity index (χ1) is 9.97. The second-order valence-corrected chi connectivity index (χ2v) is 4.89. The molecule has 1 aromatic carbocycles. The number of carboxylic acids is 1. The van der Waals surface area contributed by atoms with Gasteiger partial charge in [0.2, 0.25) is 0 Å². The summed E-state index contributed by atoms with van der Waals surface area (Å²) in [5, 5.41) is 29.0. The Morgan fingerprint density at radius 3 is 2.43 bits per heavy atom. The first kappa shape index (κ1) is 14.8. The highest BCUT2D eigenvalue weighted by Crippen LogP contribution is 2.26. The van der Waals surface area contributed by atoms with Crippen molar-refractivity contribution in [2.24, 2.45) is 0 Å². The Hall–Kier alpha value is -2.63. The zero-order valence-electron chi connectivity index (χ0n) is 11.3. The molecule has 2 rings (SSSR count). The summed E-state index contributed by atoms with van der Waals surface area (Å²) in [6, 6.07) is 6.32. The van der Waals surface area contributed by atoms with Crippen molar-refractivity contribution < 1.29 is 19.9 Å². The van der Waals surface area contributed by atoms with Crippen LogP contribution < -0.4 is 0 Å². The lowest BCUT2D eigenvalue weighted by Crippen LogP contribution is -2.08. The Morgan fingerprint density at radius 1 is 1.19 bits per heavy atom. The number of carboxylic acid groups (broad SMARTS) is 1. The Kier molecular flexibility index (Phi) is 4.37. The molecule has 110 valence electrons. The van der Waals surface area contributed by atoms with Gasteiger partial charge in [-0.2, -0.15) is 0 Å². The van der Waals surface area contributed by atoms with E-state index in [1.807, 2.05) is 0 Å². The molecule has 21 heavy (non-hydrogen) atoms. The molecule has 0 unspecified atom stereocenters. The zero-order valence-corrected chi connectivity index (χ0v) is 11.3. The van der Waals surface area contributed by atoms with E-state index in [0.717, 1.165) is 11.1 Å². The number of aliphatic carboxylic acids is 1. The van der Waals surface area contributed by atoms with Gasteiger partial charge in [0.15, 0.2) is 0 Å². The van der Waals surface area contributed by atoms with Crippen LogP contribution in [0.3, 0.4) is 0 Å². The molecule has 1 aliphatic rings. The van der Waals surface area contributed by atoms with Crippen molar-refractivity contribution in [2.45, 2.75) is 25.7 Å². The molecule has 6 nitrogen and oxygen atoms in total. The molecule has 1 aromatic rings. The fraction of sp³-hybridized carbons (Fsp3) is 0.267. The number of carbonyl (C=O) groups is 1. The van der Waals surface area contributed by atoms with E-state index >= 15 is 0 Å². The van der Waals surface area contributed by atoms with Crippen molar-refractivity contribution in [1.82, 2.24) is 0 Å². The van der Waals surface area contributed by atoms with E-state index in [9.17, 15) is 20.0 Å². The molecule has 0 fully saturated rings. The molecule has 2 N–H and O–H groups in total. The highest BCUT2D eigenvalue weighted by atomic mass is 16.6. The van der Waals surface area contributed by atoms with Gasteiger partial charge in [-0.25, -0.2) is 4.79 Å². The van der Waals surface area contributed by atoms with E-state index in [2.05, 4.69) is 0 Å². The lowest BCUT2D eigenvalue weighted by atomic mass is 9.93. The molecule has 0 radical (unpaired) electrons. The van der Waals surface area contributed by atoms with Crippen molar-refractivity contribution in [2.75, 3.05) is 0 Å². The Balaban J connectivity index is 2.02. The first-order valence-electron chi connectivity index (χ1n) is 6.55. The molecule has 0 saturated carbocycles. The smallest absolute Gasteiger partial charge is 0.339 e. The standard InChI is InChI=1S/C15H15NO5/c17-14-8-5-11(9-13(14)15(18)19)2-1-10-3-6-12(7-4-10)16(20)21/h3-4,6-7,9,17H,1-2,5,8H2,(H,18,19). The van der Waals surface area contributed by atoms with Gasteiger partial charge in [-0.05, 0) is 30.9 Å². The monoisotopic (exact) mass is 289 g/mol. The van der Waals surface area contributed by atoms with Crippen molar-refractivity contribution in [3.05, 3.63) is 62.9 Å². The van der Waals surface area contributed by atoms with Crippen LogP contribution in [0.2, 0.25) is 0 Å². The van der Waals surface area contributed by atoms with Crippen LogP contribution in [0.25, 0.3) is 0 Å². The predicted molar refractivity (Wildman–Crippen MR) is 76.0 cm³/mol. The SMILES string of the molecule is O=C(O)C1=C(O)CCC(CCc2ccc([N+](=O)[O-])cc2)=C1. The van der Waals surface area contributed by atoms with Crippen LogP contribution in [0, 0.1) is 10.1 Å². The van der Waals surface area contributed by atoms with Crippen LogP contribution in [0.5, 0.6) is 0 Å². The summed E-state index contributed by atoms with van der Waals surface area (Å²) in [6.45, 7) is 0. The fourth-order valence-corrected chi connectivity index (χ4v) is 2.24. The number of hydrogen-bond acceptors (Lipinski definition) is 4. The van der Waals surface area contributed by atoms with Gasteiger partial charge in [-0.3, -0.25) is 10.1 Å². The summed E-state index contributed by atoms with van der Waals surface area (Å²) in [6.07, 6.45) is 3.84. The number of nitrogens with zero attached hydrogens (tertiary/aromatic N) is 1. The second-order valence-electron chi connectivity index (χ2n) is 4.89. The van der Waals surface area contributed by atoms with E-state index in [-0.39, 0.29) is 17.0 Å². The summed E-state index contributed by atoms with van der Waals surface area (Å²) in [5.74, 6) is -1.21. The highest BCUT2D eigenvalue weighted by Gasteiger charge is 2.17. The minimum absolute atomic E-state index is 0.0417. The Morgan fingerprint density at radius 2 is 1.86 bits per heavy atom. The van der Waals surface area contributed by atoms with Gasteiger partial charge in [0.25, 0.3) is 5.69 Å². The van der Waals surface area contributed by atoms with Crippen LogP contribution in [-0.2, 0) is 11.2 Å². The molecule has 0 saturated heterocycles. The van der Waals surface area contributed by atoms with Gasteiger partial charge in [0, 0.05) is 18.6 Å². The molecular weight excluding hydrogens is 274 g/mol. The molecule has 0 atom stereocenters. The molecule has 0 bridgehead atoms. The van der Waals surface area contributed by atoms with Crippen molar-refractivity contribution in [3.63, 3.8) is 0 Å². The van der Waals surface area contributed by atoms with Crippen LogP contribution in [0.15, 0.2) is 47.2 Å². The molecule has 0 amide bonds. The van der Waals surface area contributed by atoms with E-state index in [0.29, 0.717) is 25.7 Å². The number of hydrogen-bond donors (Lipinski definition) is 2. The number of aryl methyl sites for hydroxylation is 1. The summed E-state index contributed by atoms with van der Waals surface area (Å²) >= 11 is 0. The molecule has 0 aromatic heterocycles. The average Bonchev–Trinajstić information content (AvgIpc) is 2.46. The Bertz CT molecular complexity index is 628. The van der Waals surface area contributed by atoms with Gasteiger partial charge in [-0.1, -0.05) is 17.7 Å². The molecule has 6 heteroatoms. The minimum Gasteiger partial charge on any atom is -0.511 e. The van der Waals surface area contributed by atoms with Gasteiger partial charge in [0.1, 0.15) is 5.76 Å². The fourth-order valence-electron chi connectivity index (χ4n) is 2.24. The van der Waals surface area contributed by atoms with Gasteiger partial charge in [-0.15, -0.1) is 0 Å². The second kappa shape index (κ2) is 6.21. The van der Waals surface area contributed by atoms with E-state index in [4.69, 9.17) is 5.11 Å². The van der Waals surface area contributed by atoms with E-state index < -0.39 is 10.9 Å². The molecular formula is C15H15NO5. The maximum Gasteiger partial charge on any atom is 0.339 e. The van der Waals surface area contributed by atoms with Crippen LogP contribution in [0.1, 0.15) is 24.8 Å². The molecule has 0 spiro atoms. The number of non-ortho nitro benzene ring substituents is 1. The third kappa shape index (κ3) is 3.68. The van der Waals surface area contributed by atoms with Crippen LogP contribution in [-0.4, -0.2) is 21.1 Å². The molecule has 0 aliphatic heterocycles. The van der Waals surface area contributed by atoms with E-state index in [1.165, 1.54) is 18.2 Å². The lowest BCUT2D eigenvalue weighted by molar-refractivity contribution is -0.384. The summed E-state index contributed by atoms with van der Waals surface area (Å²) in [4.78, 5) is 21.1. The number of benzene rings is 1. The number of rotatable bonds is 5. The number of aliphatic hydroxyl groups excluding tert-OH is 1. The van der Waals surface area contributed by atoms with Crippen molar-refractivity contribution >= 4 is 11.7 Å². The minimum atomic E-state index is -1.12. The number of nitro groups is 1. The normalized spacial score (nSPS) is 14.8. The van der Waals surface area contributed by atoms with Crippen molar-refractivity contribution in [1.29, 1.82) is 0 Å². The summed E-state index contributed by atoms with van der Waals surface area (Å²) in [7, 11) is 0. The summed E-state index contributed by atoms with van der Waals surface area (Å²) < 4.78 is 0. The topological polar surface area (TPSA) is 101 Å². The van der Waals surface area contributed by atoms with Crippen LogP contribution in [0.4, 0.5) is 5.69 Å². The maximum atomic E-state index is 11.0. The molecule has 0 heterocycles. The predicted octanol–water partition coefficient (Wildman–Crippen LogP) is 3.14. The summed E-state index contributed by atoms with van der Waals surface area (Å²) in [5.41, 5.74) is 1.93. The van der Waals surface area contributed by atoms with Gasteiger partial charge < -0.3 is 10.2 Å². The maximum absolute atomic E-state index is 11.0. The highest BCUT2D eigenvalue weighted by molar-refractivity contribution is 5.90. The van der Waals surface area contributed by atoms with Crippen molar-refractivity contribution in [3.8, 4) is 0 Å². The number of allylic oxidation sites excluding steroid dienone is 2. The van der Waals surface area contributed by atoms with Gasteiger partial charge in [0.05, 0.1) is 10.5 Å². The number of aliphatic hydroxyl groups is 1. The van der Waals surface area contributed by atoms with Gasteiger partial charge >= 0.3 is 5.97 Å². The number of nitro benzene ring substituents is 1. The third-order valence-electron chi connectivity index (χ3n) is 3.45. The first-order valence-corrected chi connectivity index (χ1v) is 6.55. The van der Waals surface area contributed by atoms with E-state index in [1.54, 1.807) is 12.1 Å². The lowest BCUT2D eigenvalue weighted by Gasteiger charge is -2.14.